The zero-order valence-corrected chi connectivity index (χ0v) is 14.5. The Morgan fingerprint density at radius 2 is 2.08 bits per heavy atom. The molecule has 6 heteroatoms. The fourth-order valence-corrected chi connectivity index (χ4v) is 4.40. The first kappa shape index (κ1) is 17.6. The number of halogens is 2. The maximum absolute atomic E-state index is 14.1. The Morgan fingerprint density at radius 3 is 2.67 bits per heavy atom. The second-order valence-corrected chi connectivity index (χ2v) is 7.33. The van der Waals surface area contributed by atoms with Crippen molar-refractivity contribution in [1.82, 2.24) is 10.6 Å². The topological polar surface area (TPSA) is 67.2 Å². The average Bonchev–Trinajstić information content (AvgIpc) is 2.60. The largest absolute Gasteiger partial charge is 0.368 e. The van der Waals surface area contributed by atoms with E-state index in [1.165, 1.54) is 6.07 Å². The van der Waals surface area contributed by atoms with Gasteiger partial charge >= 0.3 is 0 Å². The Morgan fingerprint density at radius 1 is 1.29 bits per heavy atom. The van der Waals surface area contributed by atoms with Crippen LogP contribution in [-0.4, -0.2) is 30.6 Å². The maximum Gasteiger partial charge on any atom is 0.238 e. The van der Waals surface area contributed by atoms with Crippen LogP contribution in [0.15, 0.2) is 18.2 Å². The fraction of sp³-hybridized carbons (Fsp3) is 0.611. The van der Waals surface area contributed by atoms with E-state index < -0.39 is 11.4 Å². The molecule has 0 saturated carbocycles. The van der Waals surface area contributed by atoms with Gasteiger partial charge in [0, 0.05) is 12.0 Å². The molecule has 0 radical (unpaired) electrons. The van der Waals surface area contributed by atoms with Crippen molar-refractivity contribution in [2.45, 2.75) is 56.0 Å². The van der Waals surface area contributed by atoms with Gasteiger partial charge in [-0.2, -0.15) is 0 Å². The van der Waals surface area contributed by atoms with Crippen molar-refractivity contribution < 1.29 is 9.18 Å². The van der Waals surface area contributed by atoms with Crippen LogP contribution in [0.25, 0.3) is 0 Å². The summed E-state index contributed by atoms with van der Waals surface area (Å²) in [4.78, 5) is 12.5. The molecule has 1 aromatic rings. The second kappa shape index (κ2) is 7.38. The predicted octanol–water partition coefficient (Wildman–Crippen LogP) is 2.70. The van der Waals surface area contributed by atoms with Crippen molar-refractivity contribution in [1.29, 1.82) is 0 Å². The van der Waals surface area contributed by atoms with Gasteiger partial charge in [-0.1, -0.05) is 24.1 Å². The number of hydrogen-bond acceptors (Lipinski definition) is 3. The number of carbonyl (C=O) groups excluding carboxylic acids is 1. The van der Waals surface area contributed by atoms with Crippen LogP contribution in [0.3, 0.4) is 0 Å². The van der Waals surface area contributed by atoms with Gasteiger partial charge in [0.2, 0.25) is 5.91 Å². The van der Waals surface area contributed by atoms with E-state index >= 15 is 0 Å². The van der Waals surface area contributed by atoms with Crippen molar-refractivity contribution in [3.8, 4) is 0 Å². The van der Waals surface area contributed by atoms with Gasteiger partial charge < -0.3 is 16.4 Å². The van der Waals surface area contributed by atoms with Gasteiger partial charge in [-0.15, -0.1) is 0 Å². The molecule has 1 aromatic carbocycles. The van der Waals surface area contributed by atoms with E-state index in [0.717, 1.165) is 50.8 Å². The molecule has 0 spiro atoms. The summed E-state index contributed by atoms with van der Waals surface area (Å²) in [6.07, 6.45) is 5.80. The summed E-state index contributed by atoms with van der Waals surface area (Å²) < 4.78 is 14.1. The van der Waals surface area contributed by atoms with Crippen molar-refractivity contribution in [2.24, 2.45) is 5.73 Å². The lowest BCUT2D eigenvalue weighted by Gasteiger charge is -2.46. The van der Waals surface area contributed by atoms with Crippen LogP contribution in [0, 0.1) is 5.82 Å². The summed E-state index contributed by atoms with van der Waals surface area (Å²) in [5.41, 5.74) is 5.81. The van der Waals surface area contributed by atoms with Crippen molar-refractivity contribution in [3.05, 3.63) is 34.6 Å². The molecule has 1 amide bonds. The zero-order chi connectivity index (χ0) is 17.2. The summed E-state index contributed by atoms with van der Waals surface area (Å²) >= 11 is 5.86. The SMILES string of the molecule is NC(=O)[C@]1(C(c2ccc(Cl)c(F)c2)[C@H]2CCCCN2)CCCCN1. The summed E-state index contributed by atoms with van der Waals surface area (Å²) in [5.74, 6) is -1.01. The van der Waals surface area contributed by atoms with E-state index in [1.807, 2.05) is 6.07 Å². The molecule has 2 heterocycles. The van der Waals surface area contributed by atoms with E-state index in [9.17, 15) is 9.18 Å². The molecule has 2 fully saturated rings. The number of hydrogen-bond donors (Lipinski definition) is 3. The van der Waals surface area contributed by atoms with Crippen LogP contribution in [0.1, 0.15) is 50.0 Å². The molecular weight excluding hydrogens is 329 g/mol. The quantitative estimate of drug-likeness (QED) is 0.779. The Labute approximate surface area is 147 Å². The molecule has 0 aliphatic carbocycles. The molecule has 2 saturated heterocycles. The van der Waals surface area contributed by atoms with Gasteiger partial charge in [-0.3, -0.25) is 4.79 Å². The number of nitrogens with two attached hydrogens (primary N) is 1. The lowest BCUT2D eigenvalue weighted by atomic mass is 9.68. The van der Waals surface area contributed by atoms with Crippen molar-refractivity contribution in [3.63, 3.8) is 0 Å². The number of piperidine rings is 2. The van der Waals surface area contributed by atoms with Gasteiger partial charge in [-0.05, 0) is 62.9 Å². The van der Waals surface area contributed by atoms with Crippen molar-refractivity contribution >= 4 is 17.5 Å². The zero-order valence-electron chi connectivity index (χ0n) is 13.8. The number of rotatable bonds is 4. The second-order valence-electron chi connectivity index (χ2n) is 6.93. The molecule has 3 rings (SSSR count). The van der Waals surface area contributed by atoms with Crippen LogP contribution in [0.2, 0.25) is 5.02 Å². The number of nitrogens with one attached hydrogen (secondary N) is 2. The normalized spacial score (nSPS) is 29.2. The molecule has 0 aromatic heterocycles. The number of benzene rings is 1. The number of primary amides is 1. The lowest BCUT2D eigenvalue weighted by Crippen LogP contribution is -2.65. The lowest BCUT2D eigenvalue weighted by molar-refractivity contribution is -0.127. The highest BCUT2D eigenvalue weighted by molar-refractivity contribution is 6.30. The van der Waals surface area contributed by atoms with Crippen LogP contribution in [0.5, 0.6) is 0 Å². The van der Waals surface area contributed by atoms with Crippen molar-refractivity contribution in [2.75, 3.05) is 13.1 Å². The Kier molecular flexibility index (Phi) is 5.42. The van der Waals surface area contributed by atoms with E-state index in [4.69, 9.17) is 17.3 Å². The van der Waals surface area contributed by atoms with E-state index in [2.05, 4.69) is 10.6 Å². The van der Waals surface area contributed by atoms with Crippen LogP contribution < -0.4 is 16.4 Å². The van der Waals surface area contributed by atoms with Gasteiger partial charge in [-0.25, -0.2) is 4.39 Å². The minimum atomic E-state index is -0.840. The van der Waals surface area contributed by atoms with E-state index in [0.29, 0.717) is 6.42 Å². The molecule has 4 nitrogen and oxygen atoms in total. The molecule has 2 aliphatic rings. The monoisotopic (exact) mass is 353 g/mol. The average molecular weight is 354 g/mol. The van der Waals surface area contributed by atoms with Gasteiger partial charge in [0.1, 0.15) is 11.4 Å². The molecule has 3 atom stereocenters. The molecule has 132 valence electrons. The smallest absolute Gasteiger partial charge is 0.238 e. The molecule has 24 heavy (non-hydrogen) atoms. The fourth-order valence-electron chi connectivity index (χ4n) is 4.29. The first-order valence-electron chi connectivity index (χ1n) is 8.78. The Hall–Kier alpha value is -1.17. The summed E-state index contributed by atoms with van der Waals surface area (Å²) in [6.45, 7) is 1.66. The highest BCUT2D eigenvalue weighted by Crippen LogP contribution is 2.40. The first-order valence-corrected chi connectivity index (χ1v) is 9.16. The third-order valence-electron chi connectivity index (χ3n) is 5.46. The van der Waals surface area contributed by atoms with E-state index in [-0.39, 0.29) is 22.9 Å². The summed E-state index contributed by atoms with van der Waals surface area (Å²) in [6, 6.07) is 4.95. The van der Waals surface area contributed by atoms with Crippen LogP contribution in [0.4, 0.5) is 4.39 Å². The Balaban J connectivity index is 2.05. The van der Waals surface area contributed by atoms with Crippen LogP contribution >= 0.6 is 11.6 Å². The minimum Gasteiger partial charge on any atom is -0.368 e. The maximum atomic E-state index is 14.1. The summed E-state index contributed by atoms with van der Waals surface area (Å²) in [5, 5.41) is 7.01. The van der Waals surface area contributed by atoms with Gasteiger partial charge in [0.05, 0.1) is 5.02 Å². The molecule has 1 unspecified atom stereocenters. The highest BCUT2D eigenvalue weighted by Gasteiger charge is 2.49. The third kappa shape index (κ3) is 3.30. The molecule has 4 N–H and O–H groups in total. The first-order chi connectivity index (χ1) is 11.5. The molecule has 0 bridgehead atoms. The van der Waals surface area contributed by atoms with Gasteiger partial charge in [0.25, 0.3) is 0 Å². The molecule has 2 aliphatic heterocycles. The predicted molar refractivity (Wildman–Crippen MR) is 93.6 cm³/mol. The Bertz CT molecular complexity index is 598. The number of amides is 1. The minimum absolute atomic E-state index is 0.0948. The van der Waals surface area contributed by atoms with Crippen LogP contribution in [-0.2, 0) is 4.79 Å². The molecular formula is C18H25ClFN3O. The highest BCUT2D eigenvalue weighted by atomic mass is 35.5. The van der Waals surface area contributed by atoms with E-state index in [1.54, 1.807) is 6.07 Å². The summed E-state index contributed by atoms with van der Waals surface area (Å²) in [7, 11) is 0. The van der Waals surface area contributed by atoms with Gasteiger partial charge in [0.15, 0.2) is 0 Å². The number of carbonyl (C=O) groups is 1. The third-order valence-corrected chi connectivity index (χ3v) is 5.77. The standard InChI is InChI=1S/C18H25ClFN3O/c19-13-7-6-12(11-14(13)20)16(15-5-1-3-9-22-15)18(17(21)24)8-2-4-10-23-18/h6-7,11,15-16,22-23H,1-5,8-10H2,(H2,21,24)/t15-,16?,18-/m1/s1.